The second-order valence-electron chi connectivity index (χ2n) is 4.26. The number of benzene rings is 1. The number of halogens is 1. The standard InChI is InChI=1S/C12H17ClN2/c13-11-5-3-10(4-6-11)8-15-7-1-2-12(14)9-15/h3-6,12H,1-2,7-9,14H2. The Bertz CT molecular complexity index is 310. The molecule has 0 amide bonds. The smallest absolute Gasteiger partial charge is 0.0406 e. The fraction of sp³-hybridized carbons (Fsp3) is 0.500. The van der Waals surface area contributed by atoms with Crippen LogP contribution in [0, 0.1) is 0 Å². The van der Waals surface area contributed by atoms with Gasteiger partial charge in [-0.2, -0.15) is 0 Å². The lowest BCUT2D eigenvalue weighted by atomic mass is 10.1. The molecule has 2 nitrogen and oxygen atoms in total. The summed E-state index contributed by atoms with van der Waals surface area (Å²) >= 11 is 5.84. The molecule has 1 heterocycles. The first kappa shape index (κ1) is 10.9. The Hall–Kier alpha value is -0.570. The van der Waals surface area contributed by atoms with Crippen LogP contribution in [-0.4, -0.2) is 24.0 Å². The number of hydrogen-bond donors (Lipinski definition) is 1. The Kier molecular flexibility index (Phi) is 3.62. The van der Waals surface area contributed by atoms with Crippen LogP contribution in [0.2, 0.25) is 5.02 Å². The van der Waals surface area contributed by atoms with Crippen molar-refractivity contribution in [1.29, 1.82) is 0 Å². The number of hydrogen-bond acceptors (Lipinski definition) is 2. The van der Waals surface area contributed by atoms with Crippen LogP contribution in [0.1, 0.15) is 18.4 Å². The minimum atomic E-state index is 0.353. The van der Waals surface area contributed by atoms with E-state index in [-0.39, 0.29) is 0 Å². The van der Waals surface area contributed by atoms with E-state index < -0.39 is 0 Å². The molecule has 1 atom stereocenters. The summed E-state index contributed by atoms with van der Waals surface area (Å²) in [6.45, 7) is 3.17. The highest BCUT2D eigenvalue weighted by Crippen LogP contribution is 2.14. The zero-order valence-electron chi connectivity index (χ0n) is 8.82. The number of nitrogens with zero attached hydrogens (tertiary/aromatic N) is 1. The third-order valence-electron chi connectivity index (χ3n) is 2.86. The molecule has 15 heavy (non-hydrogen) atoms. The Morgan fingerprint density at radius 2 is 2.07 bits per heavy atom. The van der Waals surface area contributed by atoms with Gasteiger partial charge in [0.15, 0.2) is 0 Å². The normalized spacial score (nSPS) is 22.9. The van der Waals surface area contributed by atoms with Gasteiger partial charge in [0.25, 0.3) is 0 Å². The van der Waals surface area contributed by atoms with Gasteiger partial charge in [-0.3, -0.25) is 4.90 Å². The highest BCUT2D eigenvalue weighted by atomic mass is 35.5. The predicted octanol–water partition coefficient (Wildman–Crippen LogP) is 2.26. The second-order valence-corrected chi connectivity index (χ2v) is 4.70. The molecule has 1 saturated heterocycles. The summed E-state index contributed by atoms with van der Waals surface area (Å²) < 4.78 is 0. The lowest BCUT2D eigenvalue weighted by Gasteiger charge is -2.30. The maximum absolute atomic E-state index is 5.94. The maximum atomic E-state index is 5.94. The average Bonchev–Trinajstić information content (AvgIpc) is 2.22. The van der Waals surface area contributed by atoms with Crippen molar-refractivity contribution < 1.29 is 0 Å². The lowest BCUT2D eigenvalue weighted by Crippen LogP contribution is -2.42. The van der Waals surface area contributed by atoms with Crippen molar-refractivity contribution in [2.45, 2.75) is 25.4 Å². The van der Waals surface area contributed by atoms with Gasteiger partial charge in [0.1, 0.15) is 0 Å². The minimum absolute atomic E-state index is 0.353. The van der Waals surface area contributed by atoms with E-state index in [4.69, 9.17) is 17.3 Å². The SMILES string of the molecule is NC1CCCN(Cc2ccc(Cl)cc2)C1. The summed E-state index contributed by atoms with van der Waals surface area (Å²) in [5.74, 6) is 0. The zero-order valence-corrected chi connectivity index (χ0v) is 9.58. The Labute approximate surface area is 96.0 Å². The van der Waals surface area contributed by atoms with Gasteiger partial charge >= 0.3 is 0 Å². The van der Waals surface area contributed by atoms with E-state index >= 15 is 0 Å². The van der Waals surface area contributed by atoms with Crippen LogP contribution >= 0.6 is 11.6 Å². The van der Waals surface area contributed by atoms with Crippen LogP contribution in [0.15, 0.2) is 24.3 Å². The van der Waals surface area contributed by atoms with Gasteiger partial charge in [-0.05, 0) is 37.1 Å². The molecule has 1 unspecified atom stereocenters. The number of likely N-dealkylation sites (tertiary alicyclic amines) is 1. The number of nitrogens with two attached hydrogens (primary N) is 1. The van der Waals surface area contributed by atoms with Crippen molar-refractivity contribution in [3.05, 3.63) is 34.9 Å². The second kappa shape index (κ2) is 4.97. The highest BCUT2D eigenvalue weighted by molar-refractivity contribution is 6.30. The first-order chi connectivity index (χ1) is 7.24. The van der Waals surface area contributed by atoms with E-state index in [0.717, 1.165) is 31.1 Å². The predicted molar refractivity (Wildman–Crippen MR) is 63.9 cm³/mol. The first-order valence-electron chi connectivity index (χ1n) is 5.46. The van der Waals surface area contributed by atoms with Crippen LogP contribution < -0.4 is 5.73 Å². The van der Waals surface area contributed by atoms with Gasteiger partial charge < -0.3 is 5.73 Å². The van der Waals surface area contributed by atoms with Gasteiger partial charge in [-0.25, -0.2) is 0 Å². The monoisotopic (exact) mass is 224 g/mol. The Morgan fingerprint density at radius 1 is 1.33 bits per heavy atom. The topological polar surface area (TPSA) is 29.3 Å². The summed E-state index contributed by atoms with van der Waals surface area (Å²) in [5, 5.41) is 0.800. The summed E-state index contributed by atoms with van der Waals surface area (Å²) in [4.78, 5) is 2.41. The Morgan fingerprint density at radius 3 is 2.73 bits per heavy atom. The van der Waals surface area contributed by atoms with Crippen LogP contribution in [0.25, 0.3) is 0 Å². The molecule has 0 saturated carbocycles. The van der Waals surface area contributed by atoms with Crippen molar-refractivity contribution in [1.82, 2.24) is 4.90 Å². The molecule has 0 spiro atoms. The molecular weight excluding hydrogens is 208 g/mol. The molecule has 1 aliphatic rings. The number of piperidine rings is 1. The highest BCUT2D eigenvalue weighted by Gasteiger charge is 2.16. The van der Waals surface area contributed by atoms with Gasteiger partial charge in [0.2, 0.25) is 0 Å². The molecule has 0 aliphatic carbocycles. The molecule has 1 aromatic rings. The molecule has 0 aromatic heterocycles. The van der Waals surface area contributed by atoms with Crippen molar-refractivity contribution in [3.63, 3.8) is 0 Å². The fourth-order valence-corrected chi connectivity index (χ4v) is 2.21. The van der Waals surface area contributed by atoms with Crippen LogP contribution in [-0.2, 0) is 6.54 Å². The van der Waals surface area contributed by atoms with Crippen molar-refractivity contribution >= 4 is 11.6 Å². The van der Waals surface area contributed by atoms with Gasteiger partial charge in [0.05, 0.1) is 0 Å². The fourth-order valence-electron chi connectivity index (χ4n) is 2.08. The van der Waals surface area contributed by atoms with E-state index in [1.165, 1.54) is 12.0 Å². The van der Waals surface area contributed by atoms with Crippen LogP contribution in [0.4, 0.5) is 0 Å². The molecule has 0 bridgehead atoms. The number of rotatable bonds is 2. The summed E-state index contributed by atoms with van der Waals surface area (Å²) in [6, 6.07) is 8.41. The van der Waals surface area contributed by atoms with Crippen molar-refractivity contribution in [3.8, 4) is 0 Å². The van der Waals surface area contributed by atoms with Crippen LogP contribution in [0.3, 0.4) is 0 Å². The van der Waals surface area contributed by atoms with E-state index in [1.54, 1.807) is 0 Å². The van der Waals surface area contributed by atoms with Crippen LogP contribution in [0.5, 0.6) is 0 Å². The molecule has 1 fully saturated rings. The minimum Gasteiger partial charge on any atom is -0.327 e. The van der Waals surface area contributed by atoms with Crippen molar-refractivity contribution in [2.75, 3.05) is 13.1 Å². The lowest BCUT2D eigenvalue weighted by molar-refractivity contribution is 0.201. The Balaban J connectivity index is 1.93. The van der Waals surface area contributed by atoms with Gasteiger partial charge in [0, 0.05) is 24.2 Å². The maximum Gasteiger partial charge on any atom is 0.0406 e. The quantitative estimate of drug-likeness (QED) is 0.835. The third-order valence-corrected chi connectivity index (χ3v) is 3.11. The van der Waals surface area contributed by atoms with E-state index in [0.29, 0.717) is 6.04 Å². The van der Waals surface area contributed by atoms with Crippen molar-refractivity contribution in [2.24, 2.45) is 5.73 Å². The largest absolute Gasteiger partial charge is 0.327 e. The molecule has 1 aliphatic heterocycles. The van der Waals surface area contributed by atoms with E-state index in [2.05, 4.69) is 17.0 Å². The molecule has 2 N–H and O–H groups in total. The third kappa shape index (κ3) is 3.20. The summed E-state index contributed by atoms with van der Waals surface area (Å²) in [7, 11) is 0. The summed E-state index contributed by atoms with van der Waals surface area (Å²) in [5.41, 5.74) is 7.25. The molecule has 1 aromatic carbocycles. The summed E-state index contributed by atoms with van der Waals surface area (Å²) in [6.07, 6.45) is 2.38. The molecule has 0 radical (unpaired) electrons. The molecule has 3 heteroatoms. The zero-order chi connectivity index (χ0) is 10.7. The average molecular weight is 225 g/mol. The molecular formula is C12H17ClN2. The molecule has 82 valence electrons. The van der Waals surface area contributed by atoms with E-state index in [1.807, 2.05) is 12.1 Å². The first-order valence-corrected chi connectivity index (χ1v) is 5.84. The molecule has 2 rings (SSSR count). The van der Waals surface area contributed by atoms with Gasteiger partial charge in [-0.1, -0.05) is 23.7 Å². The van der Waals surface area contributed by atoms with E-state index in [9.17, 15) is 0 Å². The van der Waals surface area contributed by atoms with Gasteiger partial charge in [-0.15, -0.1) is 0 Å².